The van der Waals surface area contributed by atoms with E-state index < -0.39 is 24.3 Å². The van der Waals surface area contributed by atoms with Gasteiger partial charge < -0.3 is 14.9 Å². The zero-order valence-electron chi connectivity index (χ0n) is 19.2. The Kier molecular flexibility index (Phi) is 9.06. The fourth-order valence-corrected chi connectivity index (χ4v) is 4.96. The number of aliphatic hydroxyl groups is 2. The quantitative estimate of drug-likeness (QED) is 0.311. The van der Waals surface area contributed by atoms with Crippen LogP contribution in [0.1, 0.15) is 57.1 Å². The van der Waals surface area contributed by atoms with Gasteiger partial charge in [0.25, 0.3) is 0 Å². The van der Waals surface area contributed by atoms with Crippen LogP contribution in [0.15, 0.2) is 48.6 Å². The summed E-state index contributed by atoms with van der Waals surface area (Å²) < 4.78 is 19.7. The molecule has 0 unspecified atom stereocenters. The third-order valence-corrected chi connectivity index (χ3v) is 6.66. The molecule has 0 amide bonds. The highest BCUT2D eigenvalue weighted by molar-refractivity contribution is 5.69. The molecule has 0 saturated heterocycles. The van der Waals surface area contributed by atoms with Crippen molar-refractivity contribution >= 4 is 5.97 Å². The van der Waals surface area contributed by atoms with Crippen LogP contribution in [0, 0.1) is 17.8 Å². The van der Waals surface area contributed by atoms with Crippen LogP contribution < -0.4 is 0 Å². The number of allylic oxidation sites excluding steroid dienone is 3. The number of esters is 1. The molecule has 0 spiro atoms. The molecule has 2 aliphatic rings. The Bertz CT molecular complexity index is 778. The summed E-state index contributed by atoms with van der Waals surface area (Å²) in [4.78, 5) is 11.6. The molecule has 5 heteroatoms. The summed E-state index contributed by atoms with van der Waals surface area (Å²) in [6, 6.07) is 8.25. The van der Waals surface area contributed by atoms with Gasteiger partial charge in [0, 0.05) is 18.8 Å². The molecular weight excluding hydrogens is 407 g/mol. The number of rotatable bonds is 10. The maximum atomic E-state index is 14.6. The Hall–Kier alpha value is -1.98. The molecule has 2 aliphatic carbocycles. The van der Waals surface area contributed by atoms with Gasteiger partial charge in [0.1, 0.15) is 6.17 Å². The molecule has 5 atom stereocenters. The smallest absolute Gasteiger partial charge is 0.306 e. The Labute approximate surface area is 191 Å². The lowest BCUT2D eigenvalue weighted by Crippen LogP contribution is -2.21. The molecule has 1 fully saturated rings. The maximum Gasteiger partial charge on any atom is 0.306 e. The van der Waals surface area contributed by atoms with Gasteiger partial charge in [0.2, 0.25) is 0 Å². The average Bonchev–Trinajstić information content (AvgIpc) is 3.29. The fourth-order valence-electron chi connectivity index (χ4n) is 4.96. The number of unbranched alkanes of at least 4 members (excludes halogenated alkanes) is 1. The number of aliphatic hydroxyl groups excluding tert-OH is 2. The van der Waals surface area contributed by atoms with Gasteiger partial charge >= 0.3 is 5.97 Å². The van der Waals surface area contributed by atoms with E-state index >= 15 is 0 Å². The summed E-state index contributed by atoms with van der Waals surface area (Å²) >= 11 is 0. The van der Waals surface area contributed by atoms with Crippen LogP contribution in [0.5, 0.6) is 0 Å². The van der Waals surface area contributed by atoms with Crippen LogP contribution >= 0.6 is 0 Å². The van der Waals surface area contributed by atoms with Gasteiger partial charge in [-0.2, -0.15) is 0 Å². The zero-order valence-corrected chi connectivity index (χ0v) is 19.2. The van der Waals surface area contributed by atoms with Crippen LogP contribution in [0.4, 0.5) is 4.39 Å². The number of hydrogen-bond acceptors (Lipinski definition) is 4. The highest BCUT2D eigenvalue weighted by Crippen LogP contribution is 2.38. The first-order valence-electron chi connectivity index (χ1n) is 11.9. The van der Waals surface area contributed by atoms with Gasteiger partial charge in [-0.1, -0.05) is 48.6 Å². The van der Waals surface area contributed by atoms with Gasteiger partial charge in [-0.15, -0.1) is 0 Å². The van der Waals surface area contributed by atoms with Crippen molar-refractivity contribution in [1.29, 1.82) is 0 Å². The summed E-state index contributed by atoms with van der Waals surface area (Å²) in [6.07, 6.45) is 9.24. The second-order valence-corrected chi connectivity index (χ2v) is 9.51. The van der Waals surface area contributed by atoms with Crippen molar-refractivity contribution in [3.05, 3.63) is 59.7 Å². The predicted octanol–water partition coefficient (Wildman–Crippen LogP) is 4.72. The Balaban J connectivity index is 1.47. The van der Waals surface area contributed by atoms with E-state index in [4.69, 9.17) is 4.74 Å². The molecule has 0 bridgehead atoms. The number of hydrogen-bond donors (Lipinski definition) is 2. The first kappa shape index (κ1) is 24.7. The summed E-state index contributed by atoms with van der Waals surface area (Å²) in [5.41, 5.74) is 2.56. The largest absolute Gasteiger partial charge is 0.463 e. The minimum absolute atomic E-state index is 0.0944. The highest BCUT2D eigenvalue weighted by atomic mass is 19.1. The molecular formula is C27H37FO4. The van der Waals surface area contributed by atoms with Crippen molar-refractivity contribution in [2.24, 2.45) is 17.8 Å². The number of halogens is 1. The van der Waals surface area contributed by atoms with Crippen molar-refractivity contribution in [3.63, 3.8) is 0 Å². The standard InChI is InChI=1S/C27H37FO4/c1-18(2)32-27(31)12-6-4-3-5-11-23-22(24(28)17-26(23)30)13-14-25(29)21-15-19-9-7-8-10-20(19)16-21/h3,5,7-10,13-14,18,21-26,29-30H,4,6,11-12,15-17H2,1-2H3/b5-3+,14-13+/t22-,23-,24+,25-,26+/m1/s1. The molecule has 1 saturated carbocycles. The topological polar surface area (TPSA) is 66.8 Å². The molecule has 0 radical (unpaired) electrons. The van der Waals surface area contributed by atoms with E-state index in [0.29, 0.717) is 19.3 Å². The third kappa shape index (κ3) is 6.76. The minimum Gasteiger partial charge on any atom is -0.463 e. The molecule has 4 nitrogen and oxygen atoms in total. The van der Waals surface area contributed by atoms with E-state index in [1.165, 1.54) is 11.1 Å². The molecule has 0 aliphatic heterocycles. The van der Waals surface area contributed by atoms with Crippen LogP contribution in [-0.4, -0.2) is 40.7 Å². The van der Waals surface area contributed by atoms with E-state index in [1.54, 1.807) is 12.2 Å². The molecule has 2 N–H and O–H groups in total. The molecule has 32 heavy (non-hydrogen) atoms. The van der Waals surface area contributed by atoms with Crippen LogP contribution in [0.3, 0.4) is 0 Å². The highest BCUT2D eigenvalue weighted by Gasteiger charge is 2.40. The van der Waals surface area contributed by atoms with Crippen molar-refractivity contribution in [2.45, 2.75) is 83.3 Å². The van der Waals surface area contributed by atoms with Crippen molar-refractivity contribution in [3.8, 4) is 0 Å². The lowest BCUT2D eigenvalue weighted by Gasteiger charge is -2.20. The molecule has 1 aromatic rings. The van der Waals surface area contributed by atoms with Crippen LogP contribution in [0.2, 0.25) is 0 Å². The third-order valence-electron chi connectivity index (χ3n) is 6.66. The number of alkyl halides is 1. The van der Waals surface area contributed by atoms with Crippen molar-refractivity contribution < 1.29 is 24.1 Å². The monoisotopic (exact) mass is 444 g/mol. The van der Waals surface area contributed by atoms with Crippen molar-refractivity contribution in [2.75, 3.05) is 0 Å². The van der Waals surface area contributed by atoms with Crippen LogP contribution in [-0.2, 0) is 22.4 Å². The summed E-state index contributed by atoms with van der Waals surface area (Å²) in [6.45, 7) is 3.67. The van der Waals surface area contributed by atoms with Gasteiger partial charge in [-0.25, -0.2) is 4.39 Å². The van der Waals surface area contributed by atoms with Gasteiger partial charge in [0.05, 0.1) is 18.3 Å². The SMILES string of the molecule is CC(C)OC(=O)CCC/C=C/C[C@@H]1[C@@H](/C=C/[C@@H](O)C2Cc3ccccc3C2)[C@@H](F)C[C@@H]1O. The van der Waals surface area contributed by atoms with Gasteiger partial charge in [-0.05, 0) is 68.9 Å². The molecule has 3 rings (SSSR count). The lowest BCUT2D eigenvalue weighted by molar-refractivity contribution is -0.147. The zero-order chi connectivity index (χ0) is 23.1. The van der Waals surface area contributed by atoms with E-state index in [9.17, 15) is 19.4 Å². The maximum absolute atomic E-state index is 14.6. The molecule has 1 aromatic carbocycles. The Morgan fingerprint density at radius 1 is 1.22 bits per heavy atom. The first-order valence-corrected chi connectivity index (χ1v) is 11.9. The normalized spacial score (nSPS) is 26.9. The van der Waals surface area contributed by atoms with Gasteiger partial charge in [-0.3, -0.25) is 4.79 Å². The summed E-state index contributed by atoms with van der Waals surface area (Å²) in [5, 5.41) is 21.0. The van der Waals surface area contributed by atoms with E-state index in [0.717, 1.165) is 19.3 Å². The molecule has 176 valence electrons. The number of fused-ring (bicyclic) bond motifs is 1. The Morgan fingerprint density at radius 2 is 1.91 bits per heavy atom. The molecule has 0 aromatic heterocycles. The van der Waals surface area contributed by atoms with Gasteiger partial charge in [0.15, 0.2) is 0 Å². The number of benzene rings is 1. The number of carbonyl (C=O) groups is 1. The summed E-state index contributed by atoms with van der Waals surface area (Å²) in [7, 11) is 0. The van der Waals surface area contributed by atoms with E-state index in [1.807, 2.05) is 38.1 Å². The van der Waals surface area contributed by atoms with Crippen LogP contribution in [0.25, 0.3) is 0 Å². The minimum atomic E-state index is -1.10. The van der Waals surface area contributed by atoms with E-state index in [2.05, 4.69) is 12.1 Å². The fraction of sp³-hybridized carbons (Fsp3) is 0.593. The van der Waals surface area contributed by atoms with Crippen molar-refractivity contribution in [1.82, 2.24) is 0 Å². The Morgan fingerprint density at radius 3 is 2.56 bits per heavy atom. The first-order chi connectivity index (χ1) is 15.3. The summed E-state index contributed by atoms with van der Waals surface area (Å²) in [5.74, 6) is -0.659. The van der Waals surface area contributed by atoms with E-state index in [-0.39, 0.29) is 30.3 Å². The average molecular weight is 445 g/mol. The predicted molar refractivity (Wildman–Crippen MR) is 124 cm³/mol. The number of carbonyl (C=O) groups excluding carboxylic acids is 1. The second kappa shape index (κ2) is 11.8. The molecule has 0 heterocycles. The second-order valence-electron chi connectivity index (χ2n) is 9.51. The number of ether oxygens (including phenoxy) is 1. The lowest BCUT2D eigenvalue weighted by atomic mass is 9.89.